The molecule has 6 nitrogen and oxygen atoms in total. The SMILES string of the molecule is CCCCCCCC/C=C\CCCC(CC(=O)NC(CO)C(O)CCCCCCCCCCCCCC)OC(=O)CCCCCCCCC/C=C/CCCCCCCC. The second-order valence-electron chi connectivity index (χ2n) is 17.9. The fourth-order valence-corrected chi connectivity index (χ4v) is 8.01. The Balaban J connectivity index is 4.52. The van der Waals surface area contributed by atoms with Crippen LogP contribution in [0.15, 0.2) is 24.3 Å². The van der Waals surface area contributed by atoms with Crippen molar-refractivity contribution >= 4 is 11.9 Å². The molecule has 0 saturated carbocycles. The van der Waals surface area contributed by atoms with Crippen molar-refractivity contribution in [3.8, 4) is 0 Å². The molecule has 0 aliphatic carbocycles. The predicted octanol–water partition coefficient (Wildman–Crippen LogP) is 15.5. The highest BCUT2D eigenvalue weighted by atomic mass is 16.5. The molecule has 3 atom stereocenters. The van der Waals surface area contributed by atoms with Crippen molar-refractivity contribution < 1.29 is 24.5 Å². The molecule has 0 aromatic rings. The molecule has 0 rings (SSSR count). The lowest BCUT2D eigenvalue weighted by molar-refractivity contribution is -0.151. The number of esters is 1. The first-order valence-electron chi connectivity index (χ1n) is 26.1. The first kappa shape index (κ1) is 57.3. The molecule has 1 amide bonds. The maximum absolute atomic E-state index is 13.2. The summed E-state index contributed by atoms with van der Waals surface area (Å²) in [5, 5.41) is 23.7. The van der Waals surface area contributed by atoms with E-state index in [1.807, 2.05) is 0 Å². The molecule has 0 aliphatic heterocycles. The molecule has 3 N–H and O–H groups in total. The van der Waals surface area contributed by atoms with Crippen molar-refractivity contribution in [2.75, 3.05) is 6.61 Å². The topological polar surface area (TPSA) is 95.9 Å². The average Bonchev–Trinajstić information content (AvgIpc) is 3.23. The van der Waals surface area contributed by atoms with Crippen molar-refractivity contribution in [3.05, 3.63) is 24.3 Å². The van der Waals surface area contributed by atoms with Crippen LogP contribution in [0.2, 0.25) is 0 Å². The molecular weight excluding hydrogens is 731 g/mol. The zero-order valence-corrected chi connectivity index (χ0v) is 39.7. The van der Waals surface area contributed by atoms with Gasteiger partial charge in [0.15, 0.2) is 0 Å². The maximum atomic E-state index is 13.2. The van der Waals surface area contributed by atoms with Crippen LogP contribution >= 0.6 is 0 Å². The van der Waals surface area contributed by atoms with Gasteiger partial charge in [0.2, 0.25) is 5.91 Å². The number of rotatable bonds is 47. The molecule has 0 bridgehead atoms. The van der Waals surface area contributed by atoms with Gasteiger partial charge in [0.05, 0.1) is 25.2 Å². The van der Waals surface area contributed by atoms with Crippen molar-refractivity contribution in [1.82, 2.24) is 5.32 Å². The number of aliphatic hydroxyl groups is 2. The molecular formula is C53H101NO5. The third-order valence-corrected chi connectivity index (χ3v) is 12.0. The van der Waals surface area contributed by atoms with Gasteiger partial charge in [-0.2, -0.15) is 0 Å². The van der Waals surface area contributed by atoms with Gasteiger partial charge in [-0.15, -0.1) is 0 Å². The van der Waals surface area contributed by atoms with E-state index in [1.54, 1.807) is 0 Å². The van der Waals surface area contributed by atoms with E-state index in [0.717, 1.165) is 57.8 Å². The zero-order valence-electron chi connectivity index (χ0n) is 39.7. The largest absolute Gasteiger partial charge is 0.462 e. The maximum Gasteiger partial charge on any atom is 0.306 e. The van der Waals surface area contributed by atoms with Gasteiger partial charge in [-0.3, -0.25) is 9.59 Å². The Bertz CT molecular complexity index is 935. The molecule has 0 saturated heterocycles. The molecule has 0 fully saturated rings. The molecule has 348 valence electrons. The van der Waals surface area contributed by atoms with E-state index in [2.05, 4.69) is 50.4 Å². The monoisotopic (exact) mass is 832 g/mol. The number of nitrogens with one attached hydrogen (secondary N) is 1. The van der Waals surface area contributed by atoms with Gasteiger partial charge in [-0.1, -0.05) is 218 Å². The highest BCUT2D eigenvalue weighted by Gasteiger charge is 2.24. The minimum Gasteiger partial charge on any atom is -0.462 e. The number of aliphatic hydroxyl groups excluding tert-OH is 2. The van der Waals surface area contributed by atoms with Crippen molar-refractivity contribution in [2.24, 2.45) is 0 Å². The summed E-state index contributed by atoms with van der Waals surface area (Å²) in [5.41, 5.74) is 0. The highest BCUT2D eigenvalue weighted by molar-refractivity contribution is 5.77. The quantitative estimate of drug-likeness (QED) is 0.0322. The number of hydrogen-bond donors (Lipinski definition) is 3. The molecule has 0 radical (unpaired) electrons. The highest BCUT2D eigenvalue weighted by Crippen LogP contribution is 2.17. The van der Waals surface area contributed by atoms with Crippen LogP contribution < -0.4 is 5.32 Å². The third-order valence-electron chi connectivity index (χ3n) is 12.0. The molecule has 3 unspecified atom stereocenters. The Hall–Kier alpha value is -1.66. The number of allylic oxidation sites excluding steroid dienone is 4. The number of hydrogen-bond acceptors (Lipinski definition) is 5. The van der Waals surface area contributed by atoms with Crippen LogP contribution in [0.25, 0.3) is 0 Å². The van der Waals surface area contributed by atoms with Gasteiger partial charge < -0.3 is 20.3 Å². The summed E-state index contributed by atoms with van der Waals surface area (Å²) in [4.78, 5) is 26.1. The standard InChI is InChI=1S/C53H101NO5/c1-4-7-10-13-16-19-22-24-25-26-27-28-31-34-37-40-43-46-53(58)59-49(44-41-38-35-32-29-21-18-15-12-9-6-3)47-52(57)54-50(48-55)51(56)45-42-39-36-33-30-23-20-17-14-11-8-5-2/h24-25,32,35,49-51,55-56H,4-23,26-31,33-34,36-48H2,1-3H3,(H,54,57)/b25-24+,35-32-. The summed E-state index contributed by atoms with van der Waals surface area (Å²) >= 11 is 0. The third kappa shape index (κ3) is 42.8. The van der Waals surface area contributed by atoms with Crippen LogP contribution in [0.3, 0.4) is 0 Å². The molecule has 0 heterocycles. The Morgan fingerprint density at radius 2 is 0.831 bits per heavy atom. The minimum absolute atomic E-state index is 0.0588. The van der Waals surface area contributed by atoms with Crippen LogP contribution in [-0.4, -0.2) is 46.9 Å². The van der Waals surface area contributed by atoms with E-state index in [9.17, 15) is 19.8 Å². The van der Waals surface area contributed by atoms with Crippen molar-refractivity contribution in [3.63, 3.8) is 0 Å². The summed E-state index contributed by atoms with van der Waals surface area (Å²) in [6.45, 7) is 6.47. The molecule has 6 heteroatoms. The van der Waals surface area contributed by atoms with Crippen LogP contribution in [0.1, 0.15) is 278 Å². The lowest BCUT2D eigenvalue weighted by atomic mass is 10.0. The number of unbranched alkanes of at least 4 members (excludes halogenated alkanes) is 31. The summed E-state index contributed by atoms with van der Waals surface area (Å²) in [5.74, 6) is -0.498. The summed E-state index contributed by atoms with van der Waals surface area (Å²) in [7, 11) is 0. The van der Waals surface area contributed by atoms with Gasteiger partial charge in [0.25, 0.3) is 0 Å². The Kier molecular flexibility index (Phi) is 46.1. The molecule has 0 spiro atoms. The van der Waals surface area contributed by atoms with E-state index in [-0.39, 0.29) is 24.9 Å². The fraction of sp³-hybridized carbons (Fsp3) is 0.887. The zero-order chi connectivity index (χ0) is 43.1. The average molecular weight is 832 g/mol. The number of carbonyl (C=O) groups is 2. The molecule has 0 aromatic carbocycles. The predicted molar refractivity (Wildman–Crippen MR) is 255 cm³/mol. The Morgan fingerprint density at radius 1 is 0.475 bits per heavy atom. The smallest absolute Gasteiger partial charge is 0.306 e. The van der Waals surface area contributed by atoms with Gasteiger partial charge >= 0.3 is 5.97 Å². The van der Waals surface area contributed by atoms with Crippen LogP contribution in [0.4, 0.5) is 0 Å². The van der Waals surface area contributed by atoms with E-state index in [4.69, 9.17) is 4.74 Å². The van der Waals surface area contributed by atoms with Gasteiger partial charge in [-0.05, 0) is 70.6 Å². The van der Waals surface area contributed by atoms with Crippen LogP contribution in [0.5, 0.6) is 0 Å². The van der Waals surface area contributed by atoms with Gasteiger partial charge in [0, 0.05) is 6.42 Å². The summed E-state index contributed by atoms with van der Waals surface area (Å²) in [6.07, 6.45) is 53.8. The van der Waals surface area contributed by atoms with E-state index < -0.39 is 18.2 Å². The van der Waals surface area contributed by atoms with Gasteiger partial charge in [0.1, 0.15) is 6.10 Å². The summed E-state index contributed by atoms with van der Waals surface area (Å²) in [6, 6.07) is -0.706. The number of amides is 1. The lowest BCUT2D eigenvalue weighted by Crippen LogP contribution is -2.46. The number of ether oxygens (including phenoxy) is 1. The van der Waals surface area contributed by atoms with Crippen LogP contribution in [-0.2, 0) is 14.3 Å². The first-order chi connectivity index (χ1) is 29.0. The molecule has 0 aromatic heterocycles. The molecule has 0 aliphatic rings. The summed E-state index contributed by atoms with van der Waals surface area (Å²) < 4.78 is 5.91. The second-order valence-corrected chi connectivity index (χ2v) is 17.9. The van der Waals surface area contributed by atoms with E-state index >= 15 is 0 Å². The molecule has 59 heavy (non-hydrogen) atoms. The fourth-order valence-electron chi connectivity index (χ4n) is 8.01. The van der Waals surface area contributed by atoms with Crippen molar-refractivity contribution in [1.29, 1.82) is 0 Å². The first-order valence-corrected chi connectivity index (χ1v) is 26.1. The van der Waals surface area contributed by atoms with Crippen molar-refractivity contribution in [2.45, 2.75) is 296 Å². The van der Waals surface area contributed by atoms with E-state index in [0.29, 0.717) is 19.3 Å². The Labute approximate surface area is 367 Å². The normalized spacial score (nSPS) is 13.4. The van der Waals surface area contributed by atoms with E-state index in [1.165, 1.54) is 173 Å². The lowest BCUT2D eigenvalue weighted by Gasteiger charge is -2.24. The minimum atomic E-state index is -0.790. The van der Waals surface area contributed by atoms with Gasteiger partial charge in [-0.25, -0.2) is 0 Å². The van der Waals surface area contributed by atoms with Crippen LogP contribution in [0, 0.1) is 0 Å². The number of carbonyl (C=O) groups excluding carboxylic acids is 2. The Morgan fingerprint density at radius 3 is 1.24 bits per heavy atom. The second kappa shape index (κ2) is 47.4.